The van der Waals surface area contributed by atoms with Crippen LogP contribution in [0.25, 0.3) is 0 Å². The summed E-state index contributed by atoms with van der Waals surface area (Å²) in [6.07, 6.45) is 1.11. The molecule has 0 aliphatic carbocycles. The maximum atomic E-state index is 11.4. The first-order valence-electron chi connectivity index (χ1n) is 6.79. The van der Waals surface area contributed by atoms with Crippen molar-refractivity contribution in [3.8, 4) is 0 Å². The van der Waals surface area contributed by atoms with Gasteiger partial charge in [0.1, 0.15) is 0 Å². The molecular formula is C15H23NO3. The van der Waals surface area contributed by atoms with Gasteiger partial charge in [-0.25, -0.2) is 0 Å². The zero-order valence-corrected chi connectivity index (χ0v) is 11.5. The zero-order chi connectivity index (χ0) is 13.9. The molecule has 4 nitrogen and oxygen atoms in total. The molecule has 0 radical (unpaired) electrons. The van der Waals surface area contributed by atoms with E-state index in [4.69, 9.17) is 9.84 Å². The van der Waals surface area contributed by atoms with Gasteiger partial charge in [-0.2, -0.15) is 0 Å². The number of aliphatic hydroxyl groups excluding tert-OH is 1. The second-order valence-corrected chi connectivity index (χ2v) is 4.39. The average Bonchev–Trinajstić information content (AvgIpc) is 2.43. The van der Waals surface area contributed by atoms with E-state index < -0.39 is 0 Å². The van der Waals surface area contributed by atoms with E-state index in [1.54, 1.807) is 0 Å². The van der Waals surface area contributed by atoms with E-state index >= 15 is 0 Å². The highest BCUT2D eigenvalue weighted by Crippen LogP contribution is 2.06. The topological polar surface area (TPSA) is 49.8 Å². The lowest BCUT2D eigenvalue weighted by atomic mass is 10.2. The molecule has 0 aliphatic heterocycles. The summed E-state index contributed by atoms with van der Waals surface area (Å²) in [4.78, 5) is 13.5. The summed E-state index contributed by atoms with van der Waals surface area (Å²) in [5.41, 5.74) is 1.21. The molecule has 4 heteroatoms. The van der Waals surface area contributed by atoms with Gasteiger partial charge in [-0.1, -0.05) is 30.3 Å². The number of rotatable bonds is 9. The molecule has 0 saturated carbocycles. The number of carbonyl (C=O) groups is 1. The molecule has 0 aliphatic rings. The van der Waals surface area contributed by atoms with Crippen molar-refractivity contribution in [2.24, 2.45) is 0 Å². The number of nitrogens with zero attached hydrogens (tertiary/aromatic N) is 1. The maximum Gasteiger partial charge on any atom is 0.307 e. The first-order chi connectivity index (χ1) is 9.26. The Labute approximate surface area is 115 Å². The number of ether oxygens (including phenoxy) is 1. The fourth-order valence-corrected chi connectivity index (χ4v) is 1.89. The largest absolute Gasteiger partial charge is 0.466 e. The highest BCUT2D eigenvalue weighted by molar-refractivity contribution is 5.69. The van der Waals surface area contributed by atoms with Crippen molar-refractivity contribution in [3.63, 3.8) is 0 Å². The van der Waals surface area contributed by atoms with Gasteiger partial charge in [-0.05, 0) is 18.9 Å². The monoisotopic (exact) mass is 265 g/mol. The number of aliphatic hydroxyl groups is 1. The molecule has 1 rings (SSSR count). The van der Waals surface area contributed by atoms with Crippen molar-refractivity contribution < 1.29 is 14.6 Å². The van der Waals surface area contributed by atoms with Crippen LogP contribution in [0.3, 0.4) is 0 Å². The van der Waals surface area contributed by atoms with Gasteiger partial charge < -0.3 is 9.84 Å². The van der Waals surface area contributed by atoms with E-state index in [1.807, 2.05) is 25.1 Å². The van der Waals surface area contributed by atoms with Crippen LogP contribution >= 0.6 is 0 Å². The van der Waals surface area contributed by atoms with Gasteiger partial charge >= 0.3 is 5.97 Å². The van der Waals surface area contributed by atoms with E-state index in [0.29, 0.717) is 19.6 Å². The van der Waals surface area contributed by atoms with Crippen molar-refractivity contribution in [1.82, 2.24) is 4.90 Å². The molecule has 1 aromatic carbocycles. The molecule has 106 valence electrons. The van der Waals surface area contributed by atoms with Crippen molar-refractivity contribution in [2.75, 3.05) is 26.3 Å². The molecule has 19 heavy (non-hydrogen) atoms. The number of hydrogen-bond donors (Lipinski definition) is 1. The maximum absolute atomic E-state index is 11.4. The molecule has 0 heterocycles. The van der Waals surface area contributed by atoms with E-state index in [1.165, 1.54) is 5.56 Å². The molecule has 0 fully saturated rings. The fourth-order valence-electron chi connectivity index (χ4n) is 1.89. The average molecular weight is 265 g/mol. The first-order valence-corrected chi connectivity index (χ1v) is 6.79. The third-order valence-electron chi connectivity index (χ3n) is 2.82. The molecule has 1 N–H and O–H groups in total. The summed E-state index contributed by atoms with van der Waals surface area (Å²) < 4.78 is 4.93. The molecule has 0 aromatic heterocycles. The molecular weight excluding hydrogens is 242 g/mol. The van der Waals surface area contributed by atoms with Crippen LogP contribution in [-0.2, 0) is 16.1 Å². The lowest BCUT2D eigenvalue weighted by Crippen LogP contribution is -2.28. The lowest BCUT2D eigenvalue weighted by Gasteiger charge is -2.21. The second-order valence-electron chi connectivity index (χ2n) is 4.39. The zero-order valence-electron chi connectivity index (χ0n) is 11.5. The van der Waals surface area contributed by atoms with Crippen LogP contribution in [-0.4, -0.2) is 42.3 Å². The van der Waals surface area contributed by atoms with Crippen molar-refractivity contribution in [3.05, 3.63) is 35.9 Å². The van der Waals surface area contributed by atoms with Crippen LogP contribution < -0.4 is 0 Å². The van der Waals surface area contributed by atoms with Gasteiger partial charge in [0.15, 0.2) is 0 Å². The number of carbonyl (C=O) groups excluding carboxylic acids is 1. The summed E-state index contributed by atoms with van der Waals surface area (Å²) >= 11 is 0. The Kier molecular flexibility index (Phi) is 7.86. The van der Waals surface area contributed by atoms with E-state index in [9.17, 15) is 4.79 Å². The quantitative estimate of drug-likeness (QED) is 0.692. The van der Waals surface area contributed by atoms with Crippen LogP contribution in [0, 0.1) is 0 Å². The van der Waals surface area contributed by atoms with Gasteiger partial charge in [0, 0.05) is 26.2 Å². The summed E-state index contributed by atoms with van der Waals surface area (Å²) in [6, 6.07) is 10.1. The summed E-state index contributed by atoms with van der Waals surface area (Å²) in [5, 5.41) is 8.92. The van der Waals surface area contributed by atoms with Crippen LogP contribution in [0.4, 0.5) is 0 Å². The Morgan fingerprint density at radius 1 is 1.26 bits per heavy atom. The second kappa shape index (κ2) is 9.53. The van der Waals surface area contributed by atoms with Crippen molar-refractivity contribution >= 4 is 5.97 Å². The Morgan fingerprint density at radius 3 is 2.63 bits per heavy atom. The highest BCUT2D eigenvalue weighted by atomic mass is 16.5. The molecule has 0 saturated heterocycles. The minimum Gasteiger partial charge on any atom is -0.466 e. The molecule has 0 amide bonds. The third kappa shape index (κ3) is 6.94. The van der Waals surface area contributed by atoms with Crippen LogP contribution in [0.15, 0.2) is 30.3 Å². The fraction of sp³-hybridized carbons (Fsp3) is 0.533. The summed E-state index contributed by atoms with van der Waals surface area (Å²) in [5.74, 6) is -0.162. The van der Waals surface area contributed by atoms with Crippen LogP contribution in [0.2, 0.25) is 0 Å². The Bertz CT molecular complexity index is 354. The number of benzene rings is 1. The molecule has 0 spiro atoms. The summed E-state index contributed by atoms with van der Waals surface area (Å²) in [7, 11) is 0. The molecule has 0 unspecified atom stereocenters. The van der Waals surface area contributed by atoms with Gasteiger partial charge in [0.25, 0.3) is 0 Å². The minimum absolute atomic E-state index is 0.162. The van der Waals surface area contributed by atoms with E-state index in [0.717, 1.165) is 19.5 Å². The molecule has 0 bridgehead atoms. The number of esters is 1. The SMILES string of the molecule is CCOC(=O)CCN(CCCO)Cc1ccccc1. The first kappa shape index (κ1) is 15.7. The lowest BCUT2D eigenvalue weighted by molar-refractivity contribution is -0.143. The smallest absolute Gasteiger partial charge is 0.307 e. The highest BCUT2D eigenvalue weighted by Gasteiger charge is 2.09. The molecule has 0 atom stereocenters. The van der Waals surface area contributed by atoms with Crippen LogP contribution in [0.5, 0.6) is 0 Å². The van der Waals surface area contributed by atoms with Gasteiger partial charge in [0.05, 0.1) is 13.0 Å². The van der Waals surface area contributed by atoms with Crippen LogP contribution in [0.1, 0.15) is 25.3 Å². The van der Waals surface area contributed by atoms with Crippen molar-refractivity contribution in [2.45, 2.75) is 26.3 Å². The normalized spacial score (nSPS) is 10.7. The Hall–Kier alpha value is -1.39. The van der Waals surface area contributed by atoms with Gasteiger partial charge in [0.2, 0.25) is 0 Å². The predicted octanol–water partition coefficient (Wildman–Crippen LogP) is 1.82. The molecule has 1 aromatic rings. The minimum atomic E-state index is -0.162. The van der Waals surface area contributed by atoms with Crippen molar-refractivity contribution in [1.29, 1.82) is 0 Å². The van der Waals surface area contributed by atoms with E-state index in [-0.39, 0.29) is 12.6 Å². The predicted molar refractivity (Wildman–Crippen MR) is 74.7 cm³/mol. The van der Waals surface area contributed by atoms with E-state index in [2.05, 4.69) is 17.0 Å². The third-order valence-corrected chi connectivity index (χ3v) is 2.82. The standard InChI is InChI=1S/C15H23NO3/c1-2-19-15(18)9-11-16(10-6-12-17)13-14-7-4-3-5-8-14/h3-5,7-8,17H,2,6,9-13H2,1H3. The Balaban J connectivity index is 2.44. The van der Waals surface area contributed by atoms with Gasteiger partial charge in [-0.3, -0.25) is 9.69 Å². The Morgan fingerprint density at radius 2 is 2.00 bits per heavy atom. The van der Waals surface area contributed by atoms with Gasteiger partial charge in [-0.15, -0.1) is 0 Å². The number of hydrogen-bond acceptors (Lipinski definition) is 4. The summed E-state index contributed by atoms with van der Waals surface area (Å²) in [6.45, 7) is 4.64.